The van der Waals surface area contributed by atoms with Crippen molar-refractivity contribution in [2.75, 3.05) is 0 Å². The highest BCUT2D eigenvalue weighted by Gasteiger charge is 2.35. The van der Waals surface area contributed by atoms with Gasteiger partial charge in [-0.1, -0.05) is 37.3 Å². The van der Waals surface area contributed by atoms with Gasteiger partial charge in [-0.2, -0.15) is 0 Å². The van der Waals surface area contributed by atoms with E-state index in [0.717, 1.165) is 0 Å². The first-order valence-electron chi connectivity index (χ1n) is 5.22. The van der Waals surface area contributed by atoms with Crippen LogP contribution in [0.1, 0.15) is 24.9 Å². The summed E-state index contributed by atoms with van der Waals surface area (Å²) in [6, 6.07) is 9.79. The van der Waals surface area contributed by atoms with E-state index in [9.17, 15) is 4.79 Å². The number of aliphatic carboxylic acids is 1. The lowest BCUT2D eigenvalue weighted by molar-refractivity contribution is -0.139. The molecule has 2 rings (SSSR count). The molecular formula is C12H15NO2. The minimum Gasteiger partial charge on any atom is -0.480 e. The Balaban J connectivity index is 2.15. The summed E-state index contributed by atoms with van der Waals surface area (Å²) >= 11 is 0. The molecule has 0 spiro atoms. The average Bonchev–Trinajstić information content (AvgIpc) is 2.62. The van der Waals surface area contributed by atoms with Crippen LogP contribution in [-0.2, 0) is 4.79 Å². The van der Waals surface area contributed by atoms with Gasteiger partial charge in [-0.15, -0.1) is 0 Å². The smallest absolute Gasteiger partial charge is 0.320 e. The predicted octanol–water partition coefficient (Wildman–Crippen LogP) is 1.81. The van der Waals surface area contributed by atoms with Crippen LogP contribution in [0.25, 0.3) is 0 Å². The van der Waals surface area contributed by atoms with E-state index in [0.29, 0.717) is 12.3 Å². The first-order chi connectivity index (χ1) is 7.18. The van der Waals surface area contributed by atoms with Crippen molar-refractivity contribution in [2.24, 2.45) is 5.92 Å². The maximum atomic E-state index is 10.9. The highest BCUT2D eigenvalue weighted by atomic mass is 16.4. The maximum absolute atomic E-state index is 10.9. The van der Waals surface area contributed by atoms with Crippen molar-refractivity contribution in [2.45, 2.75) is 25.4 Å². The molecule has 0 aromatic heterocycles. The summed E-state index contributed by atoms with van der Waals surface area (Å²) in [5, 5.41) is 12.1. The summed E-state index contributed by atoms with van der Waals surface area (Å²) in [7, 11) is 0. The van der Waals surface area contributed by atoms with Gasteiger partial charge in [0.05, 0.1) is 0 Å². The first-order valence-corrected chi connectivity index (χ1v) is 5.22. The SMILES string of the molecule is CC1CC(C(=O)O)NC1c1ccccc1. The fourth-order valence-corrected chi connectivity index (χ4v) is 2.21. The van der Waals surface area contributed by atoms with Crippen molar-refractivity contribution < 1.29 is 9.90 Å². The summed E-state index contributed by atoms with van der Waals surface area (Å²) in [4.78, 5) is 10.9. The molecule has 0 bridgehead atoms. The molecule has 0 aliphatic carbocycles. The van der Waals surface area contributed by atoms with E-state index in [-0.39, 0.29) is 6.04 Å². The van der Waals surface area contributed by atoms with Gasteiger partial charge < -0.3 is 5.11 Å². The van der Waals surface area contributed by atoms with Gasteiger partial charge in [0.2, 0.25) is 0 Å². The number of carboxylic acid groups (broad SMARTS) is 1. The van der Waals surface area contributed by atoms with E-state index in [1.165, 1.54) is 5.56 Å². The molecule has 0 amide bonds. The van der Waals surface area contributed by atoms with Gasteiger partial charge in [-0.05, 0) is 17.9 Å². The number of rotatable bonds is 2. The number of hydrogen-bond donors (Lipinski definition) is 2. The van der Waals surface area contributed by atoms with Gasteiger partial charge in [0.25, 0.3) is 0 Å². The summed E-state index contributed by atoms with van der Waals surface area (Å²) in [5.41, 5.74) is 1.17. The lowest BCUT2D eigenvalue weighted by atomic mass is 9.95. The van der Waals surface area contributed by atoms with E-state index in [1.807, 2.05) is 30.3 Å². The van der Waals surface area contributed by atoms with Crippen LogP contribution in [0.2, 0.25) is 0 Å². The molecule has 80 valence electrons. The van der Waals surface area contributed by atoms with E-state index >= 15 is 0 Å². The standard InChI is InChI=1S/C12H15NO2/c1-8-7-10(12(14)15)13-11(8)9-5-3-2-4-6-9/h2-6,8,10-11,13H,7H2,1H3,(H,14,15). The molecule has 3 unspecified atom stereocenters. The number of carboxylic acids is 1. The zero-order chi connectivity index (χ0) is 10.8. The minimum absolute atomic E-state index is 0.173. The number of nitrogens with one attached hydrogen (secondary N) is 1. The van der Waals surface area contributed by atoms with Crippen molar-refractivity contribution in [3.8, 4) is 0 Å². The Morgan fingerprint density at radius 3 is 2.60 bits per heavy atom. The highest BCUT2D eigenvalue weighted by molar-refractivity contribution is 5.74. The van der Waals surface area contributed by atoms with Crippen molar-refractivity contribution in [3.05, 3.63) is 35.9 Å². The molecule has 0 radical (unpaired) electrons. The van der Waals surface area contributed by atoms with Crippen LogP contribution in [0.4, 0.5) is 0 Å². The number of hydrogen-bond acceptors (Lipinski definition) is 2. The lowest BCUT2D eigenvalue weighted by Crippen LogP contribution is -2.31. The largest absolute Gasteiger partial charge is 0.480 e. The van der Waals surface area contributed by atoms with Crippen LogP contribution in [0, 0.1) is 5.92 Å². The Labute approximate surface area is 89.1 Å². The van der Waals surface area contributed by atoms with E-state index in [4.69, 9.17) is 5.11 Å². The fraction of sp³-hybridized carbons (Fsp3) is 0.417. The van der Waals surface area contributed by atoms with Crippen molar-refractivity contribution in [3.63, 3.8) is 0 Å². The van der Waals surface area contributed by atoms with Crippen molar-refractivity contribution in [1.82, 2.24) is 5.32 Å². The number of carbonyl (C=O) groups is 1. The quantitative estimate of drug-likeness (QED) is 0.774. The number of benzene rings is 1. The Morgan fingerprint density at radius 1 is 1.40 bits per heavy atom. The monoisotopic (exact) mass is 205 g/mol. The Kier molecular flexibility index (Phi) is 2.73. The highest BCUT2D eigenvalue weighted by Crippen LogP contribution is 2.31. The lowest BCUT2D eigenvalue weighted by Gasteiger charge is -2.15. The second-order valence-corrected chi connectivity index (χ2v) is 4.16. The summed E-state index contributed by atoms with van der Waals surface area (Å²) < 4.78 is 0. The van der Waals surface area contributed by atoms with Crippen LogP contribution in [-0.4, -0.2) is 17.1 Å². The van der Waals surface area contributed by atoms with Gasteiger partial charge in [-0.3, -0.25) is 10.1 Å². The molecular weight excluding hydrogens is 190 g/mol. The predicted molar refractivity (Wildman–Crippen MR) is 57.5 cm³/mol. The van der Waals surface area contributed by atoms with Crippen LogP contribution in [0.5, 0.6) is 0 Å². The molecule has 3 heteroatoms. The molecule has 1 aliphatic heterocycles. The minimum atomic E-state index is -0.750. The van der Waals surface area contributed by atoms with Crippen LogP contribution < -0.4 is 5.32 Å². The Bertz CT molecular complexity index is 350. The van der Waals surface area contributed by atoms with Crippen LogP contribution in [0.15, 0.2) is 30.3 Å². The van der Waals surface area contributed by atoms with Gasteiger partial charge >= 0.3 is 5.97 Å². The molecule has 1 aromatic carbocycles. The third-order valence-electron chi connectivity index (χ3n) is 3.01. The first kappa shape index (κ1) is 10.2. The van der Waals surface area contributed by atoms with Crippen molar-refractivity contribution >= 4 is 5.97 Å². The second-order valence-electron chi connectivity index (χ2n) is 4.16. The van der Waals surface area contributed by atoms with Gasteiger partial charge in [0, 0.05) is 6.04 Å². The molecule has 2 N–H and O–H groups in total. The molecule has 1 aromatic rings. The second kappa shape index (κ2) is 4.03. The van der Waals surface area contributed by atoms with Gasteiger partial charge in [0.15, 0.2) is 0 Å². The zero-order valence-electron chi connectivity index (χ0n) is 8.68. The van der Waals surface area contributed by atoms with Gasteiger partial charge in [0.1, 0.15) is 6.04 Å². The summed E-state index contributed by atoms with van der Waals surface area (Å²) in [5.74, 6) is -0.381. The molecule has 0 saturated carbocycles. The normalized spacial score (nSPS) is 30.3. The van der Waals surface area contributed by atoms with Crippen LogP contribution in [0.3, 0.4) is 0 Å². The fourth-order valence-electron chi connectivity index (χ4n) is 2.21. The molecule has 1 saturated heterocycles. The average molecular weight is 205 g/mol. The third-order valence-corrected chi connectivity index (χ3v) is 3.01. The topological polar surface area (TPSA) is 49.3 Å². The zero-order valence-corrected chi connectivity index (χ0v) is 8.68. The third kappa shape index (κ3) is 2.02. The molecule has 15 heavy (non-hydrogen) atoms. The molecule has 3 nitrogen and oxygen atoms in total. The Hall–Kier alpha value is -1.35. The molecule has 1 aliphatic rings. The summed E-state index contributed by atoms with van der Waals surface area (Å²) in [6.45, 7) is 2.09. The van der Waals surface area contributed by atoms with E-state index in [1.54, 1.807) is 0 Å². The molecule has 3 atom stereocenters. The van der Waals surface area contributed by atoms with Gasteiger partial charge in [-0.25, -0.2) is 0 Å². The van der Waals surface area contributed by atoms with E-state index < -0.39 is 12.0 Å². The molecule has 1 fully saturated rings. The maximum Gasteiger partial charge on any atom is 0.320 e. The van der Waals surface area contributed by atoms with Crippen molar-refractivity contribution in [1.29, 1.82) is 0 Å². The Morgan fingerprint density at radius 2 is 2.07 bits per heavy atom. The summed E-state index contributed by atoms with van der Waals surface area (Å²) in [6.07, 6.45) is 0.703. The molecule has 1 heterocycles. The van der Waals surface area contributed by atoms with E-state index in [2.05, 4.69) is 12.2 Å². The van der Waals surface area contributed by atoms with Crippen LogP contribution >= 0.6 is 0 Å².